The van der Waals surface area contributed by atoms with Crippen LogP contribution in [0.4, 0.5) is 0 Å². The highest BCUT2D eigenvalue weighted by Gasteiger charge is 2.26. The minimum absolute atomic E-state index is 0.199. The zero-order valence-corrected chi connectivity index (χ0v) is 11.9. The van der Waals surface area contributed by atoms with Crippen LogP contribution < -0.4 is 10.6 Å². The molecular weight excluding hydrogens is 300 g/mol. The van der Waals surface area contributed by atoms with Crippen molar-refractivity contribution in [2.75, 3.05) is 0 Å². The summed E-state index contributed by atoms with van der Waals surface area (Å²) in [5, 5.41) is 9.75. The van der Waals surface area contributed by atoms with Crippen LogP contribution in [-0.4, -0.2) is 27.6 Å². The predicted octanol–water partition coefficient (Wildman–Crippen LogP) is 0.386. The normalized spacial score (nSPS) is 20.1. The van der Waals surface area contributed by atoms with Crippen molar-refractivity contribution in [3.63, 3.8) is 0 Å². The molecule has 1 unspecified atom stereocenters. The molecule has 0 saturated carbocycles. The minimum atomic E-state index is -0.315. The predicted molar refractivity (Wildman–Crippen MR) is 68.7 cm³/mol. The Hall–Kier alpha value is -1.21. The third-order valence-electron chi connectivity index (χ3n) is 3.02. The van der Waals surface area contributed by atoms with Crippen LogP contribution in [-0.2, 0) is 23.2 Å². The Morgan fingerprint density at radius 1 is 1.56 bits per heavy atom. The van der Waals surface area contributed by atoms with E-state index in [4.69, 9.17) is 0 Å². The average molecular weight is 315 g/mol. The van der Waals surface area contributed by atoms with Crippen LogP contribution in [0.25, 0.3) is 0 Å². The van der Waals surface area contributed by atoms with Crippen LogP contribution in [0.5, 0.6) is 0 Å². The molecule has 1 saturated heterocycles. The van der Waals surface area contributed by atoms with Gasteiger partial charge in [-0.25, -0.2) is 0 Å². The molecule has 1 aromatic rings. The summed E-state index contributed by atoms with van der Waals surface area (Å²) in [6, 6.07) is -0.315. The van der Waals surface area contributed by atoms with Crippen molar-refractivity contribution in [1.29, 1.82) is 0 Å². The molecule has 0 bridgehead atoms. The Morgan fingerprint density at radius 2 is 2.28 bits per heavy atom. The number of carbonyl (C=O) groups is 2. The maximum atomic E-state index is 11.6. The number of amides is 2. The second kappa shape index (κ2) is 5.19. The lowest BCUT2D eigenvalue weighted by Gasteiger charge is -2.21. The average Bonchev–Trinajstić information content (AvgIpc) is 2.53. The molecule has 0 aromatic carbocycles. The third kappa shape index (κ3) is 2.62. The van der Waals surface area contributed by atoms with E-state index >= 15 is 0 Å². The first-order valence-electron chi connectivity index (χ1n) is 5.74. The molecule has 1 aliphatic rings. The van der Waals surface area contributed by atoms with Gasteiger partial charge in [-0.3, -0.25) is 19.6 Å². The summed E-state index contributed by atoms with van der Waals surface area (Å²) in [5.41, 5.74) is 1.90. The molecule has 98 valence electrons. The Kier molecular flexibility index (Phi) is 3.82. The lowest BCUT2D eigenvalue weighted by atomic mass is 10.1. The highest BCUT2D eigenvalue weighted by Crippen LogP contribution is 2.20. The van der Waals surface area contributed by atoms with Gasteiger partial charge in [-0.15, -0.1) is 0 Å². The molecule has 2 heterocycles. The summed E-state index contributed by atoms with van der Waals surface area (Å²) >= 11 is 3.47. The van der Waals surface area contributed by atoms with E-state index in [2.05, 4.69) is 31.7 Å². The van der Waals surface area contributed by atoms with Crippen molar-refractivity contribution >= 4 is 27.7 Å². The Morgan fingerprint density at radius 3 is 2.83 bits per heavy atom. The van der Waals surface area contributed by atoms with Crippen LogP contribution in [0.15, 0.2) is 4.47 Å². The maximum absolute atomic E-state index is 11.6. The molecule has 2 amide bonds. The Balaban J connectivity index is 1.99. The van der Waals surface area contributed by atoms with E-state index in [-0.39, 0.29) is 17.9 Å². The molecule has 6 nitrogen and oxygen atoms in total. The molecule has 2 rings (SSSR count). The molecule has 18 heavy (non-hydrogen) atoms. The lowest BCUT2D eigenvalue weighted by Crippen LogP contribution is -2.50. The van der Waals surface area contributed by atoms with E-state index in [1.807, 2.05) is 14.0 Å². The standard InChI is InChI=1S/C11H15BrN4O2/c1-6-10(12)8(16(2)15-6)5-13-7-3-4-9(17)14-11(7)18/h7,13H,3-5H2,1-2H3,(H,14,17,18). The molecule has 1 fully saturated rings. The van der Waals surface area contributed by atoms with E-state index in [0.29, 0.717) is 19.4 Å². The topological polar surface area (TPSA) is 76.0 Å². The van der Waals surface area contributed by atoms with Crippen LogP contribution >= 0.6 is 15.9 Å². The molecular formula is C11H15BrN4O2. The zero-order chi connectivity index (χ0) is 13.3. The van der Waals surface area contributed by atoms with Crippen LogP contribution in [0.1, 0.15) is 24.2 Å². The molecule has 0 spiro atoms. The fraction of sp³-hybridized carbons (Fsp3) is 0.545. The van der Waals surface area contributed by atoms with Crippen molar-refractivity contribution < 1.29 is 9.59 Å². The Bertz CT molecular complexity index is 497. The Labute approximate surface area is 113 Å². The number of piperidine rings is 1. The van der Waals surface area contributed by atoms with Gasteiger partial charge in [0.1, 0.15) is 0 Å². The second-order valence-corrected chi connectivity index (χ2v) is 5.15. The first kappa shape index (κ1) is 13.2. The van der Waals surface area contributed by atoms with E-state index < -0.39 is 0 Å². The van der Waals surface area contributed by atoms with E-state index in [1.54, 1.807) is 4.68 Å². The van der Waals surface area contributed by atoms with E-state index in [1.165, 1.54) is 0 Å². The van der Waals surface area contributed by atoms with Crippen LogP contribution in [0, 0.1) is 6.92 Å². The van der Waals surface area contributed by atoms with Gasteiger partial charge in [0, 0.05) is 20.0 Å². The number of hydrogen-bond donors (Lipinski definition) is 2. The second-order valence-electron chi connectivity index (χ2n) is 4.35. The van der Waals surface area contributed by atoms with Crippen molar-refractivity contribution in [3.8, 4) is 0 Å². The van der Waals surface area contributed by atoms with Crippen molar-refractivity contribution in [3.05, 3.63) is 15.9 Å². The summed E-state index contributed by atoms with van der Waals surface area (Å²) < 4.78 is 2.72. The molecule has 0 radical (unpaired) electrons. The van der Waals surface area contributed by atoms with Gasteiger partial charge in [-0.05, 0) is 29.3 Å². The van der Waals surface area contributed by atoms with Gasteiger partial charge in [0.2, 0.25) is 11.8 Å². The first-order valence-corrected chi connectivity index (χ1v) is 6.53. The molecule has 1 aromatic heterocycles. The number of rotatable bonds is 3. The van der Waals surface area contributed by atoms with Gasteiger partial charge < -0.3 is 5.32 Å². The monoisotopic (exact) mass is 314 g/mol. The number of carbonyl (C=O) groups excluding carboxylic acids is 2. The number of imide groups is 1. The van der Waals surface area contributed by atoms with Crippen molar-refractivity contribution in [2.24, 2.45) is 7.05 Å². The van der Waals surface area contributed by atoms with Gasteiger partial charge in [0.15, 0.2) is 0 Å². The highest BCUT2D eigenvalue weighted by molar-refractivity contribution is 9.10. The summed E-state index contributed by atoms with van der Waals surface area (Å²) in [6.07, 6.45) is 0.925. The number of nitrogens with zero attached hydrogens (tertiary/aromatic N) is 2. The quantitative estimate of drug-likeness (QED) is 0.791. The van der Waals surface area contributed by atoms with Gasteiger partial charge in [-0.2, -0.15) is 5.10 Å². The highest BCUT2D eigenvalue weighted by atomic mass is 79.9. The SMILES string of the molecule is Cc1nn(C)c(CNC2CCC(=O)NC2=O)c1Br. The van der Waals surface area contributed by atoms with Gasteiger partial charge in [0.05, 0.1) is 21.9 Å². The van der Waals surface area contributed by atoms with E-state index in [9.17, 15) is 9.59 Å². The molecule has 1 atom stereocenters. The van der Waals surface area contributed by atoms with Crippen LogP contribution in [0.2, 0.25) is 0 Å². The molecule has 2 N–H and O–H groups in total. The summed E-state index contributed by atoms with van der Waals surface area (Å²) in [4.78, 5) is 22.6. The summed E-state index contributed by atoms with van der Waals surface area (Å²) in [7, 11) is 1.86. The number of aromatic nitrogens is 2. The zero-order valence-electron chi connectivity index (χ0n) is 10.3. The van der Waals surface area contributed by atoms with Crippen LogP contribution in [0.3, 0.4) is 0 Å². The van der Waals surface area contributed by atoms with Crippen molar-refractivity contribution in [1.82, 2.24) is 20.4 Å². The summed E-state index contributed by atoms with van der Waals surface area (Å²) in [5.74, 6) is -0.447. The molecule has 0 aliphatic carbocycles. The molecule has 7 heteroatoms. The third-order valence-corrected chi connectivity index (χ3v) is 4.05. The molecule has 1 aliphatic heterocycles. The van der Waals surface area contributed by atoms with Gasteiger partial charge in [-0.1, -0.05) is 0 Å². The first-order chi connectivity index (χ1) is 8.49. The smallest absolute Gasteiger partial charge is 0.243 e. The largest absolute Gasteiger partial charge is 0.300 e. The number of hydrogen-bond acceptors (Lipinski definition) is 4. The number of halogens is 1. The number of nitrogens with one attached hydrogen (secondary N) is 2. The van der Waals surface area contributed by atoms with Gasteiger partial charge >= 0.3 is 0 Å². The maximum Gasteiger partial charge on any atom is 0.243 e. The lowest BCUT2D eigenvalue weighted by molar-refractivity contribution is -0.134. The summed E-state index contributed by atoms with van der Waals surface area (Å²) in [6.45, 7) is 2.45. The number of aryl methyl sites for hydroxylation is 2. The fourth-order valence-corrected chi connectivity index (χ4v) is 2.46. The van der Waals surface area contributed by atoms with E-state index in [0.717, 1.165) is 15.9 Å². The fourth-order valence-electron chi connectivity index (χ4n) is 1.98. The van der Waals surface area contributed by atoms with Crippen molar-refractivity contribution in [2.45, 2.75) is 32.4 Å². The van der Waals surface area contributed by atoms with Gasteiger partial charge in [0.25, 0.3) is 0 Å². The minimum Gasteiger partial charge on any atom is -0.300 e.